The summed E-state index contributed by atoms with van der Waals surface area (Å²) in [5.41, 5.74) is 2.50. The van der Waals surface area contributed by atoms with Crippen LogP contribution in [0.15, 0.2) is 24.3 Å². The first-order valence-corrected chi connectivity index (χ1v) is 7.78. The molecule has 1 amide bonds. The standard InChI is InChI=1S/C17H21NO3/c19-16(13-8-4-9-14(13)17(20)21)18-15-10-3-6-11-5-1-2-7-12(11)15/h1-2,5,7,13-15H,3-4,6,8-10H2,(H,18,19)(H,20,21)/t13-,14?,15+/m0/s1. The van der Waals surface area contributed by atoms with Crippen LogP contribution in [-0.2, 0) is 16.0 Å². The number of carbonyl (C=O) groups excluding carboxylic acids is 1. The van der Waals surface area contributed by atoms with Crippen molar-refractivity contribution >= 4 is 11.9 Å². The lowest BCUT2D eigenvalue weighted by Gasteiger charge is -2.28. The van der Waals surface area contributed by atoms with Crippen molar-refractivity contribution in [1.29, 1.82) is 0 Å². The minimum absolute atomic E-state index is 0.0393. The third-order valence-corrected chi connectivity index (χ3v) is 4.86. The van der Waals surface area contributed by atoms with E-state index in [1.165, 1.54) is 11.1 Å². The molecule has 3 atom stereocenters. The molecule has 112 valence electrons. The van der Waals surface area contributed by atoms with Crippen LogP contribution in [0.3, 0.4) is 0 Å². The van der Waals surface area contributed by atoms with E-state index < -0.39 is 11.9 Å². The lowest BCUT2D eigenvalue weighted by molar-refractivity contribution is -0.146. The molecule has 1 aromatic rings. The Bertz CT molecular complexity index is 555. The van der Waals surface area contributed by atoms with Crippen LogP contribution in [0.5, 0.6) is 0 Å². The zero-order valence-electron chi connectivity index (χ0n) is 12.0. The zero-order chi connectivity index (χ0) is 14.8. The van der Waals surface area contributed by atoms with Gasteiger partial charge in [-0.2, -0.15) is 0 Å². The first kappa shape index (κ1) is 14.1. The number of hydrogen-bond donors (Lipinski definition) is 2. The molecule has 21 heavy (non-hydrogen) atoms. The lowest BCUT2D eigenvalue weighted by Crippen LogP contribution is -2.38. The smallest absolute Gasteiger partial charge is 0.307 e. The van der Waals surface area contributed by atoms with E-state index in [0.717, 1.165) is 25.7 Å². The Balaban J connectivity index is 1.73. The van der Waals surface area contributed by atoms with E-state index in [1.54, 1.807) is 0 Å². The second kappa shape index (κ2) is 5.88. The Morgan fingerprint density at radius 2 is 1.81 bits per heavy atom. The number of nitrogens with one attached hydrogen (secondary N) is 1. The van der Waals surface area contributed by atoms with Gasteiger partial charge in [0.05, 0.1) is 17.9 Å². The number of carbonyl (C=O) groups is 2. The van der Waals surface area contributed by atoms with E-state index in [0.29, 0.717) is 12.8 Å². The normalized spacial score (nSPS) is 27.9. The number of rotatable bonds is 3. The summed E-state index contributed by atoms with van der Waals surface area (Å²) in [5, 5.41) is 12.3. The number of hydrogen-bond acceptors (Lipinski definition) is 2. The number of carboxylic acid groups (broad SMARTS) is 1. The summed E-state index contributed by atoms with van der Waals surface area (Å²) >= 11 is 0. The number of fused-ring (bicyclic) bond motifs is 1. The van der Waals surface area contributed by atoms with Gasteiger partial charge < -0.3 is 10.4 Å². The first-order chi connectivity index (χ1) is 10.2. The molecule has 0 heterocycles. The predicted octanol–water partition coefficient (Wildman–Crippen LogP) is 2.68. The van der Waals surface area contributed by atoms with E-state index in [4.69, 9.17) is 0 Å². The van der Waals surface area contributed by atoms with Gasteiger partial charge in [-0.15, -0.1) is 0 Å². The van der Waals surface area contributed by atoms with E-state index in [2.05, 4.69) is 17.4 Å². The lowest BCUT2D eigenvalue weighted by atomic mass is 9.87. The van der Waals surface area contributed by atoms with Gasteiger partial charge in [0, 0.05) is 0 Å². The Morgan fingerprint density at radius 1 is 1.05 bits per heavy atom. The van der Waals surface area contributed by atoms with Crippen molar-refractivity contribution in [3.05, 3.63) is 35.4 Å². The summed E-state index contributed by atoms with van der Waals surface area (Å²) in [6, 6.07) is 8.25. The van der Waals surface area contributed by atoms with Crippen LogP contribution in [0.1, 0.15) is 49.3 Å². The first-order valence-electron chi connectivity index (χ1n) is 7.78. The average molecular weight is 287 g/mol. The van der Waals surface area contributed by atoms with E-state index in [1.807, 2.05) is 12.1 Å². The molecule has 2 N–H and O–H groups in total. The summed E-state index contributed by atoms with van der Waals surface area (Å²) in [7, 11) is 0. The van der Waals surface area contributed by atoms with Crippen molar-refractivity contribution in [3.8, 4) is 0 Å². The molecule has 1 fully saturated rings. The van der Waals surface area contributed by atoms with Crippen molar-refractivity contribution < 1.29 is 14.7 Å². The second-order valence-electron chi connectivity index (χ2n) is 6.13. The topological polar surface area (TPSA) is 66.4 Å². The van der Waals surface area contributed by atoms with Crippen LogP contribution >= 0.6 is 0 Å². The number of benzene rings is 1. The van der Waals surface area contributed by atoms with Crippen molar-refractivity contribution in [1.82, 2.24) is 5.32 Å². The van der Waals surface area contributed by atoms with Crippen LogP contribution in [0.2, 0.25) is 0 Å². The van der Waals surface area contributed by atoms with E-state index in [9.17, 15) is 14.7 Å². The number of amides is 1. The molecule has 1 aromatic carbocycles. The Labute approximate surface area is 124 Å². The molecular weight excluding hydrogens is 266 g/mol. The molecule has 2 aliphatic rings. The largest absolute Gasteiger partial charge is 0.481 e. The average Bonchev–Trinajstić information content (AvgIpc) is 2.97. The summed E-state index contributed by atoms with van der Waals surface area (Å²) in [4.78, 5) is 23.7. The van der Waals surface area contributed by atoms with Crippen molar-refractivity contribution in [2.75, 3.05) is 0 Å². The predicted molar refractivity (Wildman–Crippen MR) is 78.7 cm³/mol. The van der Waals surface area contributed by atoms with Gasteiger partial charge in [0.2, 0.25) is 5.91 Å². The molecule has 2 aliphatic carbocycles. The molecule has 4 heteroatoms. The highest BCUT2D eigenvalue weighted by atomic mass is 16.4. The highest BCUT2D eigenvalue weighted by Crippen LogP contribution is 2.34. The molecule has 0 saturated heterocycles. The van der Waals surface area contributed by atoms with Crippen molar-refractivity contribution in [2.24, 2.45) is 11.8 Å². The second-order valence-corrected chi connectivity index (χ2v) is 6.13. The fraction of sp³-hybridized carbons (Fsp3) is 0.529. The molecule has 0 bridgehead atoms. The van der Waals surface area contributed by atoms with E-state index in [-0.39, 0.29) is 17.9 Å². The number of aliphatic carboxylic acids is 1. The summed E-state index contributed by atoms with van der Waals surface area (Å²) in [5.74, 6) is -1.79. The van der Waals surface area contributed by atoms with Gasteiger partial charge in [0.1, 0.15) is 0 Å². The maximum Gasteiger partial charge on any atom is 0.307 e. The zero-order valence-corrected chi connectivity index (χ0v) is 12.0. The quantitative estimate of drug-likeness (QED) is 0.898. The third kappa shape index (κ3) is 2.80. The summed E-state index contributed by atoms with van der Waals surface area (Å²) in [6.45, 7) is 0. The molecule has 1 saturated carbocycles. The fourth-order valence-corrected chi connectivity index (χ4v) is 3.75. The van der Waals surface area contributed by atoms with Gasteiger partial charge in [-0.1, -0.05) is 30.7 Å². The Kier molecular flexibility index (Phi) is 3.95. The molecule has 4 nitrogen and oxygen atoms in total. The van der Waals surface area contributed by atoms with Gasteiger partial charge in [-0.3, -0.25) is 9.59 Å². The minimum atomic E-state index is -0.836. The number of carboxylic acids is 1. The highest BCUT2D eigenvalue weighted by Gasteiger charge is 2.38. The fourth-order valence-electron chi connectivity index (χ4n) is 3.75. The molecule has 3 rings (SSSR count). The SMILES string of the molecule is O=C(O)C1CCC[C@@H]1C(=O)N[C@@H]1CCCc2ccccc21. The van der Waals surface area contributed by atoms with Crippen LogP contribution < -0.4 is 5.32 Å². The Hall–Kier alpha value is -1.84. The highest BCUT2D eigenvalue weighted by molar-refractivity contribution is 5.85. The van der Waals surface area contributed by atoms with Gasteiger partial charge in [-0.25, -0.2) is 0 Å². The Morgan fingerprint density at radius 3 is 2.62 bits per heavy atom. The summed E-state index contributed by atoms with van der Waals surface area (Å²) in [6.07, 6.45) is 5.20. The van der Waals surface area contributed by atoms with E-state index >= 15 is 0 Å². The van der Waals surface area contributed by atoms with Crippen LogP contribution in [0.25, 0.3) is 0 Å². The van der Waals surface area contributed by atoms with Crippen LogP contribution in [0, 0.1) is 11.8 Å². The van der Waals surface area contributed by atoms with Gasteiger partial charge in [0.25, 0.3) is 0 Å². The summed E-state index contributed by atoms with van der Waals surface area (Å²) < 4.78 is 0. The van der Waals surface area contributed by atoms with Crippen molar-refractivity contribution in [2.45, 2.75) is 44.6 Å². The molecule has 1 unspecified atom stereocenters. The van der Waals surface area contributed by atoms with Gasteiger partial charge in [0.15, 0.2) is 0 Å². The number of aryl methyl sites for hydroxylation is 1. The maximum atomic E-state index is 12.5. The van der Waals surface area contributed by atoms with Crippen LogP contribution in [0.4, 0.5) is 0 Å². The molecular formula is C17H21NO3. The van der Waals surface area contributed by atoms with Crippen LogP contribution in [-0.4, -0.2) is 17.0 Å². The molecule has 0 aromatic heterocycles. The molecule has 0 spiro atoms. The molecule has 0 radical (unpaired) electrons. The minimum Gasteiger partial charge on any atom is -0.481 e. The molecule has 0 aliphatic heterocycles. The van der Waals surface area contributed by atoms with Gasteiger partial charge >= 0.3 is 5.97 Å². The van der Waals surface area contributed by atoms with Crippen molar-refractivity contribution in [3.63, 3.8) is 0 Å². The third-order valence-electron chi connectivity index (χ3n) is 4.86. The maximum absolute atomic E-state index is 12.5. The monoisotopic (exact) mass is 287 g/mol. The van der Waals surface area contributed by atoms with Gasteiger partial charge in [-0.05, 0) is 43.2 Å².